The molecule has 0 spiro atoms. The number of rotatable bonds is 3. The summed E-state index contributed by atoms with van der Waals surface area (Å²) in [5, 5.41) is 0.363. The molecule has 1 unspecified atom stereocenters. The van der Waals surface area contributed by atoms with Crippen molar-refractivity contribution >= 4 is 22.8 Å². The molecule has 3 heterocycles. The molecule has 3 aromatic rings. The molecule has 3 aromatic heterocycles. The zero-order valence-electron chi connectivity index (χ0n) is 16.1. The summed E-state index contributed by atoms with van der Waals surface area (Å²) in [6.45, 7) is 6.79. The van der Waals surface area contributed by atoms with Crippen LogP contribution in [-0.2, 0) is 5.41 Å². The van der Waals surface area contributed by atoms with Crippen LogP contribution in [0.1, 0.15) is 39.4 Å². The minimum atomic E-state index is -4.62. The fourth-order valence-electron chi connectivity index (χ4n) is 2.75. The molecule has 6 nitrogen and oxygen atoms in total. The van der Waals surface area contributed by atoms with Gasteiger partial charge in [0.15, 0.2) is 16.6 Å². The first-order valence-electron chi connectivity index (χ1n) is 8.54. The van der Waals surface area contributed by atoms with Gasteiger partial charge in [-0.15, -0.1) is 0 Å². The second-order valence-electron chi connectivity index (χ2n) is 7.40. The van der Waals surface area contributed by atoms with Crippen LogP contribution in [0.2, 0.25) is 0 Å². The summed E-state index contributed by atoms with van der Waals surface area (Å²) in [4.78, 5) is 25.7. The lowest BCUT2D eigenvalue weighted by atomic mass is 9.92. The molecule has 10 heteroatoms. The maximum atomic E-state index is 13.5. The Kier molecular flexibility index (Phi) is 5.03. The number of pyridine rings is 1. The maximum absolute atomic E-state index is 13.5. The zero-order valence-corrected chi connectivity index (χ0v) is 16.9. The van der Waals surface area contributed by atoms with E-state index in [4.69, 9.17) is 0 Å². The average Bonchev–Trinajstić information content (AvgIpc) is 2.91. The van der Waals surface area contributed by atoms with E-state index in [1.807, 2.05) is 20.8 Å². The minimum absolute atomic E-state index is 0.0110. The van der Waals surface area contributed by atoms with Crippen molar-refractivity contribution in [3.8, 4) is 5.82 Å². The predicted octanol–water partition coefficient (Wildman–Crippen LogP) is 4.12. The van der Waals surface area contributed by atoms with Gasteiger partial charge in [0.2, 0.25) is 0 Å². The zero-order chi connectivity index (χ0) is 20.9. The van der Waals surface area contributed by atoms with Gasteiger partial charge in [-0.2, -0.15) is 13.2 Å². The molecule has 0 aliphatic heterocycles. The van der Waals surface area contributed by atoms with Crippen LogP contribution in [0.25, 0.3) is 16.9 Å². The molecule has 0 radical (unpaired) electrons. The van der Waals surface area contributed by atoms with Gasteiger partial charge in [-0.25, -0.2) is 24.3 Å². The first-order chi connectivity index (χ1) is 12.9. The number of fused-ring (bicyclic) bond motifs is 1. The smallest absolute Gasteiger partial charge is 0.267 e. The Labute approximate surface area is 163 Å². The quantitative estimate of drug-likeness (QED) is 0.479. The Bertz CT molecular complexity index is 1080. The number of halogens is 3. The number of alkyl halides is 3. The number of thioether (sulfide) groups is 1. The highest BCUT2D eigenvalue weighted by Gasteiger charge is 2.41. The monoisotopic (exact) mass is 411 g/mol. The van der Waals surface area contributed by atoms with Gasteiger partial charge in [-0.1, -0.05) is 38.6 Å². The summed E-state index contributed by atoms with van der Waals surface area (Å²) in [6.07, 6.45) is -1.61. The average molecular weight is 411 g/mol. The normalized spacial score (nSPS) is 13.9. The van der Waals surface area contributed by atoms with Crippen LogP contribution in [-0.4, -0.2) is 36.7 Å². The van der Waals surface area contributed by atoms with Gasteiger partial charge in [0, 0.05) is 17.3 Å². The van der Waals surface area contributed by atoms with Crippen molar-refractivity contribution in [1.82, 2.24) is 24.3 Å². The van der Waals surface area contributed by atoms with Gasteiger partial charge < -0.3 is 0 Å². The van der Waals surface area contributed by atoms with Crippen LogP contribution in [0.3, 0.4) is 0 Å². The lowest BCUT2D eigenvalue weighted by Crippen LogP contribution is -2.34. The van der Waals surface area contributed by atoms with E-state index in [2.05, 4.69) is 15.0 Å². The van der Waals surface area contributed by atoms with Crippen LogP contribution < -0.4 is 5.56 Å². The molecule has 0 N–H and O–H groups in total. The van der Waals surface area contributed by atoms with Gasteiger partial charge in [0.1, 0.15) is 11.4 Å². The van der Waals surface area contributed by atoms with Gasteiger partial charge in [-0.05, 0) is 25.3 Å². The number of hydrogen-bond acceptors (Lipinski definition) is 5. The molecule has 28 heavy (non-hydrogen) atoms. The Morgan fingerprint density at radius 3 is 2.39 bits per heavy atom. The first kappa shape index (κ1) is 20.4. The van der Waals surface area contributed by atoms with E-state index in [0.717, 1.165) is 11.6 Å². The third-order valence-corrected chi connectivity index (χ3v) is 4.91. The van der Waals surface area contributed by atoms with E-state index in [9.17, 15) is 18.0 Å². The second-order valence-corrected chi connectivity index (χ2v) is 8.18. The molecule has 0 saturated carbocycles. The van der Waals surface area contributed by atoms with Gasteiger partial charge in [0.05, 0.1) is 0 Å². The standard InChI is InChI=1S/C18H20F3N5OS/c1-10(18(19,20)21)25-15(27)11-9-22-16(28-5)24-14(11)26(25)13-8-6-7-12(23-13)17(2,3)4/h6-10H,1-5H3. The number of hydrogen-bond donors (Lipinski definition) is 0. The summed E-state index contributed by atoms with van der Waals surface area (Å²) >= 11 is 1.23. The van der Waals surface area contributed by atoms with Crippen molar-refractivity contribution in [2.45, 2.75) is 50.5 Å². The van der Waals surface area contributed by atoms with E-state index in [1.54, 1.807) is 24.5 Å². The summed E-state index contributed by atoms with van der Waals surface area (Å²) < 4.78 is 42.4. The van der Waals surface area contributed by atoms with Crippen LogP contribution in [0.15, 0.2) is 34.3 Å². The molecule has 0 saturated heterocycles. The molecule has 0 bridgehead atoms. The van der Waals surface area contributed by atoms with Crippen molar-refractivity contribution in [2.24, 2.45) is 0 Å². The number of nitrogens with zero attached hydrogens (tertiary/aromatic N) is 5. The van der Waals surface area contributed by atoms with Crippen LogP contribution in [0.5, 0.6) is 0 Å². The summed E-state index contributed by atoms with van der Waals surface area (Å²) in [5.74, 6) is 0.196. The minimum Gasteiger partial charge on any atom is -0.267 e. The molecular formula is C18H20F3N5OS. The van der Waals surface area contributed by atoms with Gasteiger partial charge in [-0.3, -0.25) is 4.79 Å². The SMILES string of the molecule is CSc1ncc2c(=O)n(C(C)C(F)(F)F)n(-c3cccc(C(C)(C)C)n3)c2n1. The summed E-state index contributed by atoms with van der Waals surface area (Å²) in [5.41, 5.74) is -0.349. The highest BCUT2D eigenvalue weighted by Crippen LogP contribution is 2.31. The van der Waals surface area contributed by atoms with E-state index < -0.39 is 17.8 Å². The van der Waals surface area contributed by atoms with Crippen LogP contribution in [0.4, 0.5) is 13.2 Å². The Hall–Kier alpha value is -2.36. The second kappa shape index (κ2) is 6.91. The molecule has 150 valence electrons. The molecule has 0 aliphatic carbocycles. The lowest BCUT2D eigenvalue weighted by molar-refractivity contribution is -0.167. The molecule has 0 aliphatic rings. The highest BCUT2D eigenvalue weighted by molar-refractivity contribution is 7.98. The fraction of sp³-hybridized carbons (Fsp3) is 0.444. The van der Waals surface area contributed by atoms with Crippen molar-refractivity contribution in [2.75, 3.05) is 6.26 Å². The third-order valence-electron chi connectivity index (χ3n) is 4.34. The Morgan fingerprint density at radius 1 is 1.14 bits per heavy atom. The van der Waals surface area contributed by atoms with Crippen molar-refractivity contribution < 1.29 is 13.2 Å². The lowest BCUT2D eigenvalue weighted by Gasteiger charge is -2.22. The highest BCUT2D eigenvalue weighted by atomic mass is 32.2. The number of aromatic nitrogens is 5. The first-order valence-corrected chi connectivity index (χ1v) is 9.76. The van der Waals surface area contributed by atoms with E-state index in [-0.39, 0.29) is 22.3 Å². The third kappa shape index (κ3) is 3.52. The largest absolute Gasteiger partial charge is 0.410 e. The van der Waals surface area contributed by atoms with E-state index in [1.165, 1.54) is 18.0 Å². The van der Waals surface area contributed by atoms with Crippen molar-refractivity contribution in [3.05, 3.63) is 40.4 Å². The van der Waals surface area contributed by atoms with Crippen molar-refractivity contribution in [1.29, 1.82) is 0 Å². The maximum Gasteiger partial charge on any atom is 0.410 e. The molecule has 0 amide bonds. The van der Waals surface area contributed by atoms with Gasteiger partial charge in [0.25, 0.3) is 5.56 Å². The predicted molar refractivity (Wildman–Crippen MR) is 102 cm³/mol. The molecule has 0 aromatic carbocycles. The summed E-state index contributed by atoms with van der Waals surface area (Å²) in [6, 6.07) is 3.01. The fourth-order valence-corrected chi connectivity index (χ4v) is 3.09. The van der Waals surface area contributed by atoms with E-state index in [0.29, 0.717) is 15.5 Å². The van der Waals surface area contributed by atoms with E-state index >= 15 is 0 Å². The van der Waals surface area contributed by atoms with Gasteiger partial charge >= 0.3 is 6.18 Å². The molecular weight excluding hydrogens is 391 g/mol. The van der Waals surface area contributed by atoms with Crippen molar-refractivity contribution in [3.63, 3.8) is 0 Å². The topological polar surface area (TPSA) is 65.6 Å². The van der Waals surface area contributed by atoms with Crippen LogP contribution in [0, 0.1) is 0 Å². The Balaban J connectivity index is 2.41. The molecule has 0 fully saturated rings. The van der Waals surface area contributed by atoms with Crippen LogP contribution >= 0.6 is 11.8 Å². The Morgan fingerprint density at radius 2 is 1.82 bits per heavy atom. The molecule has 3 rings (SSSR count). The summed E-state index contributed by atoms with van der Waals surface area (Å²) in [7, 11) is 0. The molecule has 1 atom stereocenters.